The predicted octanol–water partition coefficient (Wildman–Crippen LogP) is 0.774. The molecule has 3 heterocycles. The van der Waals surface area contributed by atoms with Crippen LogP contribution in [0.15, 0.2) is 6.07 Å². The fourth-order valence-electron chi connectivity index (χ4n) is 3.43. The highest BCUT2D eigenvalue weighted by atomic mass is 16.5. The number of aromatic nitrogens is 3. The molecule has 0 unspecified atom stereocenters. The first-order valence-corrected chi connectivity index (χ1v) is 7.72. The molecule has 0 spiro atoms. The van der Waals surface area contributed by atoms with E-state index >= 15 is 0 Å². The molecule has 1 aliphatic carbocycles. The number of nitrogens with one attached hydrogen (secondary N) is 1. The molecule has 0 atom stereocenters. The molecule has 6 heteroatoms. The van der Waals surface area contributed by atoms with Crippen molar-refractivity contribution in [1.82, 2.24) is 19.9 Å². The van der Waals surface area contributed by atoms with Gasteiger partial charge in [-0.05, 0) is 19.3 Å². The monoisotopic (exact) mass is 287 g/mol. The van der Waals surface area contributed by atoms with Crippen LogP contribution in [-0.2, 0) is 24.2 Å². The van der Waals surface area contributed by atoms with Gasteiger partial charge >= 0.3 is 0 Å². The van der Waals surface area contributed by atoms with E-state index in [2.05, 4.69) is 10.2 Å². The van der Waals surface area contributed by atoms with E-state index in [-0.39, 0.29) is 0 Å². The van der Waals surface area contributed by atoms with Gasteiger partial charge in [0, 0.05) is 50.6 Å². The van der Waals surface area contributed by atoms with Gasteiger partial charge in [0.1, 0.15) is 5.82 Å². The molecule has 1 N–H and O–H groups in total. The lowest BCUT2D eigenvalue weighted by Gasteiger charge is -2.31. The minimum absolute atomic E-state index is 0.537. The Morgan fingerprint density at radius 3 is 2.95 bits per heavy atom. The summed E-state index contributed by atoms with van der Waals surface area (Å²) in [6.45, 7) is 4.67. The molecule has 1 aliphatic heterocycles. The first-order valence-electron chi connectivity index (χ1n) is 7.72. The number of anilines is 1. The minimum atomic E-state index is 0.537. The highest BCUT2D eigenvalue weighted by Gasteiger charge is 2.25. The highest BCUT2D eigenvalue weighted by molar-refractivity contribution is 5.59. The largest absolute Gasteiger partial charge is 0.378 e. The molecule has 2 aromatic rings. The second kappa shape index (κ2) is 5.27. The molecule has 6 nitrogen and oxygen atoms in total. The van der Waals surface area contributed by atoms with Gasteiger partial charge in [-0.1, -0.05) is 0 Å². The van der Waals surface area contributed by atoms with Crippen LogP contribution < -0.4 is 10.2 Å². The van der Waals surface area contributed by atoms with E-state index in [1.807, 2.05) is 10.6 Å². The third-order valence-corrected chi connectivity index (χ3v) is 4.36. The molecule has 1 saturated heterocycles. The van der Waals surface area contributed by atoms with E-state index in [1.54, 1.807) is 7.11 Å². The van der Waals surface area contributed by atoms with Crippen LogP contribution in [0.3, 0.4) is 0 Å². The van der Waals surface area contributed by atoms with E-state index in [0.717, 1.165) is 50.4 Å². The van der Waals surface area contributed by atoms with E-state index in [1.165, 1.54) is 23.5 Å². The Bertz CT molecular complexity index is 660. The number of aryl methyl sites for hydroxylation is 1. The quantitative estimate of drug-likeness (QED) is 0.904. The zero-order valence-corrected chi connectivity index (χ0v) is 12.4. The summed E-state index contributed by atoms with van der Waals surface area (Å²) in [6, 6.07) is 2.05. The van der Waals surface area contributed by atoms with E-state index in [9.17, 15) is 0 Å². The summed E-state index contributed by atoms with van der Waals surface area (Å²) in [6.07, 6.45) is 3.42. The Labute approximate surface area is 124 Å². The van der Waals surface area contributed by atoms with Crippen molar-refractivity contribution in [3.05, 3.63) is 23.0 Å². The summed E-state index contributed by atoms with van der Waals surface area (Å²) in [5.74, 6) is 1.26. The van der Waals surface area contributed by atoms with Crippen LogP contribution in [0.25, 0.3) is 5.65 Å². The van der Waals surface area contributed by atoms with Gasteiger partial charge in [-0.25, -0.2) is 4.98 Å². The number of hydrogen-bond acceptors (Lipinski definition) is 5. The van der Waals surface area contributed by atoms with Crippen molar-refractivity contribution in [2.24, 2.45) is 0 Å². The molecule has 0 amide bonds. The smallest absolute Gasteiger partial charge is 0.157 e. The molecule has 0 saturated carbocycles. The summed E-state index contributed by atoms with van der Waals surface area (Å²) >= 11 is 0. The maximum atomic E-state index is 5.22. The number of methoxy groups -OCH3 is 1. The fraction of sp³-hybridized carbons (Fsp3) is 0.600. The molecular weight excluding hydrogens is 266 g/mol. The molecule has 21 heavy (non-hydrogen) atoms. The standard InChI is InChI=1S/C15H21N5O/c1-21-10-11-9-14-17-13-4-2-3-12(13)15(20(14)18-11)19-7-5-16-6-8-19/h9,16H,2-8,10H2,1H3. The van der Waals surface area contributed by atoms with Crippen molar-refractivity contribution < 1.29 is 4.74 Å². The van der Waals surface area contributed by atoms with Crippen LogP contribution in [0.4, 0.5) is 5.82 Å². The topological polar surface area (TPSA) is 54.7 Å². The highest BCUT2D eigenvalue weighted by Crippen LogP contribution is 2.31. The number of rotatable bonds is 3. The number of piperazine rings is 1. The Hall–Kier alpha value is -1.66. The average Bonchev–Trinajstić information content (AvgIpc) is 3.11. The summed E-state index contributed by atoms with van der Waals surface area (Å²) in [5.41, 5.74) is 4.57. The maximum absolute atomic E-state index is 5.22. The summed E-state index contributed by atoms with van der Waals surface area (Å²) in [4.78, 5) is 7.27. The van der Waals surface area contributed by atoms with Crippen molar-refractivity contribution >= 4 is 11.5 Å². The Morgan fingerprint density at radius 1 is 1.29 bits per heavy atom. The lowest BCUT2D eigenvalue weighted by Crippen LogP contribution is -2.44. The Morgan fingerprint density at radius 2 is 2.14 bits per heavy atom. The first kappa shape index (κ1) is 13.0. The summed E-state index contributed by atoms with van der Waals surface area (Å²) in [5, 5.41) is 8.14. The molecule has 0 aromatic carbocycles. The molecule has 4 rings (SSSR count). The second-order valence-electron chi connectivity index (χ2n) is 5.79. The van der Waals surface area contributed by atoms with Crippen LogP contribution in [-0.4, -0.2) is 47.9 Å². The van der Waals surface area contributed by atoms with Gasteiger partial charge in [-0.15, -0.1) is 0 Å². The second-order valence-corrected chi connectivity index (χ2v) is 5.79. The van der Waals surface area contributed by atoms with Gasteiger partial charge in [0.2, 0.25) is 0 Å². The van der Waals surface area contributed by atoms with Gasteiger partial charge in [0.05, 0.1) is 12.3 Å². The molecule has 0 radical (unpaired) electrons. The predicted molar refractivity (Wildman–Crippen MR) is 80.8 cm³/mol. The third-order valence-electron chi connectivity index (χ3n) is 4.36. The van der Waals surface area contributed by atoms with Gasteiger partial charge in [-0.2, -0.15) is 9.61 Å². The van der Waals surface area contributed by atoms with Crippen molar-refractivity contribution in [2.75, 3.05) is 38.2 Å². The van der Waals surface area contributed by atoms with Crippen molar-refractivity contribution in [1.29, 1.82) is 0 Å². The molecule has 2 aromatic heterocycles. The van der Waals surface area contributed by atoms with Crippen LogP contribution >= 0.6 is 0 Å². The molecule has 112 valence electrons. The SMILES string of the molecule is COCc1cc2nc3c(c(N4CCNCC4)n2n1)CCC3. The van der Waals surface area contributed by atoms with Gasteiger partial charge < -0.3 is 15.0 Å². The summed E-state index contributed by atoms with van der Waals surface area (Å²) in [7, 11) is 1.70. The van der Waals surface area contributed by atoms with Crippen molar-refractivity contribution in [2.45, 2.75) is 25.9 Å². The van der Waals surface area contributed by atoms with Crippen molar-refractivity contribution in [3.8, 4) is 0 Å². The number of nitrogens with zero attached hydrogens (tertiary/aromatic N) is 4. The zero-order valence-electron chi connectivity index (χ0n) is 12.4. The van der Waals surface area contributed by atoms with Crippen molar-refractivity contribution in [3.63, 3.8) is 0 Å². The van der Waals surface area contributed by atoms with Gasteiger partial charge in [0.25, 0.3) is 0 Å². The number of hydrogen-bond donors (Lipinski definition) is 1. The Kier molecular flexibility index (Phi) is 3.27. The average molecular weight is 287 g/mol. The molecule has 1 fully saturated rings. The van der Waals surface area contributed by atoms with E-state index < -0.39 is 0 Å². The lowest BCUT2D eigenvalue weighted by molar-refractivity contribution is 0.181. The van der Waals surface area contributed by atoms with E-state index in [0.29, 0.717) is 6.61 Å². The van der Waals surface area contributed by atoms with E-state index in [4.69, 9.17) is 14.8 Å². The third kappa shape index (κ3) is 2.18. The minimum Gasteiger partial charge on any atom is -0.378 e. The lowest BCUT2D eigenvalue weighted by atomic mass is 10.2. The van der Waals surface area contributed by atoms with Crippen LogP contribution in [0.1, 0.15) is 23.4 Å². The van der Waals surface area contributed by atoms with Crippen LogP contribution in [0, 0.1) is 0 Å². The molecular formula is C15H21N5O. The Balaban J connectivity index is 1.87. The van der Waals surface area contributed by atoms with Gasteiger partial charge in [0.15, 0.2) is 5.65 Å². The van der Waals surface area contributed by atoms with Gasteiger partial charge in [-0.3, -0.25) is 0 Å². The first-order chi connectivity index (χ1) is 10.4. The molecule has 0 bridgehead atoms. The van der Waals surface area contributed by atoms with Crippen LogP contribution in [0.2, 0.25) is 0 Å². The molecule has 2 aliphatic rings. The fourth-order valence-corrected chi connectivity index (χ4v) is 3.43. The normalized spacial score (nSPS) is 18.4. The number of ether oxygens (including phenoxy) is 1. The summed E-state index contributed by atoms with van der Waals surface area (Å²) < 4.78 is 7.25. The zero-order chi connectivity index (χ0) is 14.2. The maximum Gasteiger partial charge on any atom is 0.157 e. The van der Waals surface area contributed by atoms with Crippen LogP contribution in [0.5, 0.6) is 0 Å². The number of fused-ring (bicyclic) bond motifs is 2.